The van der Waals surface area contributed by atoms with E-state index in [1.807, 2.05) is 0 Å². The van der Waals surface area contributed by atoms with Crippen molar-refractivity contribution in [2.75, 3.05) is 6.61 Å². The molecule has 5 heteroatoms. The van der Waals surface area contributed by atoms with Crippen molar-refractivity contribution in [3.8, 4) is 0 Å². The molecular weight excluding hydrogens is 260 g/mol. The van der Waals surface area contributed by atoms with E-state index in [9.17, 15) is 9.59 Å². The number of hydrogen-bond donors (Lipinski definition) is 0. The SMILES string of the molecule is C[C@@H]1CC[C@]23OC(=O)[C@H]4O[C@H](C[C@]142)[C@H]1C(=O)OC[C@]13C. The van der Waals surface area contributed by atoms with E-state index in [-0.39, 0.29) is 29.4 Å². The third-order valence-corrected chi connectivity index (χ3v) is 7.12. The number of carbonyl (C=O) groups excluding carboxylic acids is 2. The Balaban J connectivity index is 1.81. The van der Waals surface area contributed by atoms with E-state index in [0.29, 0.717) is 12.5 Å². The largest absolute Gasteiger partial charge is 0.465 e. The Morgan fingerprint density at radius 2 is 2.05 bits per heavy atom. The number of fused-ring (bicyclic) bond motifs is 3. The minimum atomic E-state index is -0.564. The first kappa shape index (κ1) is 11.5. The molecule has 5 aliphatic rings. The third kappa shape index (κ3) is 0.804. The highest BCUT2D eigenvalue weighted by Gasteiger charge is 2.86. The van der Waals surface area contributed by atoms with Crippen molar-refractivity contribution >= 4 is 11.9 Å². The smallest absolute Gasteiger partial charge is 0.336 e. The van der Waals surface area contributed by atoms with Crippen LogP contribution in [0.2, 0.25) is 0 Å². The topological polar surface area (TPSA) is 61.8 Å². The molecule has 2 bridgehead atoms. The molecule has 0 unspecified atom stereocenters. The van der Waals surface area contributed by atoms with Crippen molar-refractivity contribution in [1.82, 2.24) is 0 Å². The summed E-state index contributed by atoms with van der Waals surface area (Å²) in [5.74, 6) is -0.293. The van der Waals surface area contributed by atoms with Crippen LogP contribution in [0.5, 0.6) is 0 Å². The normalized spacial score (nSPS) is 62.1. The molecule has 7 atom stereocenters. The first-order chi connectivity index (χ1) is 9.46. The van der Waals surface area contributed by atoms with Gasteiger partial charge < -0.3 is 14.2 Å². The predicted molar refractivity (Wildman–Crippen MR) is 65.5 cm³/mol. The average molecular weight is 278 g/mol. The molecule has 20 heavy (non-hydrogen) atoms. The molecule has 2 aliphatic carbocycles. The first-order valence-corrected chi connectivity index (χ1v) is 7.51. The molecule has 5 fully saturated rings. The number of ether oxygens (including phenoxy) is 3. The number of esters is 2. The van der Waals surface area contributed by atoms with Gasteiger partial charge in [0.15, 0.2) is 6.10 Å². The van der Waals surface area contributed by atoms with Crippen molar-refractivity contribution in [2.45, 2.75) is 50.9 Å². The lowest BCUT2D eigenvalue weighted by Crippen LogP contribution is -2.63. The van der Waals surface area contributed by atoms with Gasteiger partial charge in [0, 0.05) is 0 Å². The Labute approximate surface area is 116 Å². The quantitative estimate of drug-likeness (QED) is 0.620. The molecule has 0 aromatic heterocycles. The van der Waals surface area contributed by atoms with E-state index in [0.717, 1.165) is 19.3 Å². The molecule has 2 saturated carbocycles. The fourth-order valence-electron chi connectivity index (χ4n) is 6.29. The maximum Gasteiger partial charge on any atom is 0.336 e. The average Bonchev–Trinajstić information content (AvgIpc) is 3.04. The number of carbonyl (C=O) groups is 2. The van der Waals surface area contributed by atoms with Crippen LogP contribution in [0, 0.1) is 22.7 Å². The zero-order valence-corrected chi connectivity index (χ0v) is 11.7. The highest BCUT2D eigenvalue weighted by Crippen LogP contribution is 2.76. The van der Waals surface area contributed by atoms with Crippen molar-refractivity contribution in [1.29, 1.82) is 0 Å². The zero-order valence-electron chi connectivity index (χ0n) is 11.7. The molecule has 108 valence electrons. The van der Waals surface area contributed by atoms with E-state index < -0.39 is 17.1 Å². The summed E-state index contributed by atoms with van der Waals surface area (Å²) in [5, 5.41) is 0. The van der Waals surface area contributed by atoms with Crippen LogP contribution < -0.4 is 0 Å². The lowest BCUT2D eigenvalue weighted by molar-refractivity contribution is -0.200. The molecule has 3 aliphatic heterocycles. The second-order valence-corrected chi connectivity index (χ2v) is 7.49. The highest BCUT2D eigenvalue weighted by atomic mass is 16.6. The first-order valence-electron chi connectivity index (χ1n) is 7.51. The van der Waals surface area contributed by atoms with Crippen LogP contribution in [0.15, 0.2) is 0 Å². The van der Waals surface area contributed by atoms with Crippen LogP contribution in [-0.4, -0.2) is 36.4 Å². The molecule has 0 radical (unpaired) electrons. The van der Waals surface area contributed by atoms with Gasteiger partial charge in [-0.3, -0.25) is 4.79 Å². The summed E-state index contributed by atoms with van der Waals surface area (Å²) in [5.41, 5.74) is -1.24. The molecule has 3 heterocycles. The molecular formula is C15H18O5. The lowest BCUT2D eigenvalue weighted by atomic mass is 9.49. The third-order valence-electron chi connectivity index (χ3n) is 7.12. The van der Waals surface area contributed by atoms with Gasteiger partial charge in [-0.1, -0.05) is 13.8 Å². The molecule has 0 aromatic carbocycles. The molecule has 5 nitrogen and oxygen atoms in total. The number of hydrogen-bond acceptors (Lipinski definition) is 5. The molecule has 0 amide bonds. The molecule has 0 N–H and O–H groups in total. The standard InChI is InChI=1S/C15H18O5/c1-7-3-4-15-13(2)6-18-11(16)9(13)8-5-14(7,15)10(19-8)12(17)20-15/h7-10H,3-6H2,1-2H3/t7-,8-,9+,10-,13-,14+,15-/m1/s1. The summed E-state index contributed by atoms with van der Waals surface area (Å²) in [4.78, 5) is 24.5. The van der Waals surface area contributed by atoms with Crippen molar-refractivity contribution < 1.29 is 23.8 Å². The Hall–Kier alpha value is -1.10. The van der Waals surface area contributed by atoms with Gasteiger partial charge in [-0.15, -0.1) is 0 Å². The van der Waals surface area contributed by atoms with E-state index >= 15 is 0 Å². The summed E-state index contributed by atoms with van der Waals surface area (Å²) >= 11 is 0. The van der Waals surface area contributed by atoms with Gasteiger partial charge in [0.2, 0.25) is 0 Å². The van der Waals surface area contributed by atoms with Gasteiger partial charge in [0.05, 0.1) is 22.9 Å². The van der Waals surface area contributed by atoms with Gasteiger partial charge in [-0.2, -0.15) is 0 Å². The minimum Gasteiger partial charge on any atom is -0.465 e. The number of rotatable bonds is 0. The highest BCUT2D eigenvalue weighted by molar-refractivity contribution is 5.84. The zero-order chi connectivity index (χ0) is 13.9. The molecule has 5 rings (SSSR count). The van der Waals surface area contributed by atoms with Crippen molar-refractivity contribution in [3.63, 3.8) is 0 Å². The summed E-state index contributed by atoms with van der Waals surface area (Å²) in [7, 11) is 0. The lowest BCUT2D eigenvalue weighted by Gasteiger charge is -2.53. The summed E-state index contributed by atoms with van der Waals surface area (Å²) in [6.07, 6.45) is 1.97. The van der Waals surface area contributed by atoms with Gasteiger partial charge in [0.25, 0.3) is 0 Å². The van der Waals surface area contributed by atoms with Crippen LogP contribution in [0.25, 0.3) is 0 Å². The fourth-order valence-corrected chi connectivity index (χ4v) is 6.29. The summed E-state index contributed by atoms with van der Waals surface area (Å²) in [6, 6.07) is 0. The second-order valence-electron chi connectivity index (χ2n) is 7.49. The van der Waals surface area contributed by atoms with Crippen LogP contribution in [-0.2, 0) is 23.8 Å². The van der Waals surface area contributed by atoms with E-state index in [2.05, 4.69) is 13.8 Å². The maximum absolute atomic E-state index is 12.3. The molecule has 1 spiro atoms. The predicted octanol–water partition coefficient (Wildman–Crippen LogP) is 1.05. The number of cyclic esters (lactones) is 1. The molecule has 3 saturated heterocycles. The monoisotopic (exact) mass is 278 g/mol. The summed E-state index contributed by atoms with van der Waals surface area (Å²) < 4.78 is 17.4. The maximum atomic E-state index is 12.3. The van der Waals surface area contributed by atoms with Crippen molar-refractivity contribution in [3.05, 3.63) is 0 Å². The Bertz CT molecular complexity index is 558. The van der Waals surface area contributed by atoms with Gasteiger partial charge in [-0.05, 0) is 25.2 Å². The Morgan fingerprint density at radius 1 is 1.25 bits per heavy atom. The van der Waals surface area contributed by atoms with Crippen LogP contribution in [0.4, 0.5) is 0 Å². The van der Waals surface area contributed by atoms with Crippen LogP contribution in [0.1, 0.15) is 33.1 Å². The van der Waals surface area contributed by atoms with Gasteiger partial charge in [0.1, 0.15) is 12.2 Å². The summed E-state index contributed by atoms with van der Waals surface area (Å²) in [6.45, 7) is 4.61. The van der Waals surface area contributed by atoms with E-state index in [1.54, 1.807) is 0 Å². The van der Waals surface area contributed by atoms with Gasteiger partial charge in [-0.25, -0.2) is 4.79 Å². The van der Waals surface area contributed by atoms with Crippen LogP contribution >= 0.6 is 0 Å². The second kappa shape index (κ2) is 2.91. The fraction of sp³-hybridized carbons (Fsp3) is 0.867. The Morgan fingerprint density at radius 3 is 2.85 bits per heavy atom. The Kier molecular flexibility index (Phi) is 1.68. The van der Waals surface area contributed by atoms with Crippen molar-refractivity contribution in [2.24, 2.45) is 22.7 Å². The van der Waals surface area contributed by atoms with E-state index in [1.165, 1.54) is 0 Å². The van der Waals surface area contributed by atoms with E-state index in [4.69, 9.17) is 14.2 Å². The minimum absolute atomic E-state index is 0.177. The molecule has 0 aromatic rings. The van der Waals surface area contributed by atoms with Gasteiger partial charge >= 0.3 is 11.9 Å². The van der Waals surface area contributed by atoms with Crippen LogP contribution in [0.3, 0.4) is 0 Å².